The van der Waals surface area contributed by atoms with Gasteiger partial charge in [-0.05, 0) is 37.5 Å². The number of hydrogen-bond donors (Lipinski definition) is 1. The minimum absolute atomic E-state index is 0.333. The lowest BCUT2D eigenvalue weighted by Crippen LogP contribution is -2.37. The average molecular weight is 439 g/mol. The molecule has 1 fully saturated rings. The summed E-state index contributed by atoms with van der Waals surface area (Å²) in [5, 5.41) is 0. The van der Waals surface area contributed by atoms with E-state index in [4.69, 9.17) is 10.5 Å². The number of nitrogens with zero attached hydrogens (tertiary/aromatic N) is 2. The Morgan fingerprint density at radius 1 is 1.23 bits per heavy atom. The number of halogens is 3. The predicted octanol–water partition coefficient (Wildman–Crippen LogP) is 3.75. The van der Waals surface area contributed by atoms with E-state index in [0.717, 1.165) is 50.7 Å². The van der Waals surface area contributed by atoms with Gasteiger partial charge in [-0.2, -0.15) is 0 Å². The zero-order chi connectivity index (χ0) is 22.6. The molecule has 0 unspecified atom stereocenters. The molecule has 2 N–H and O–H groups in total. The smallest absolute Gasteiger partial charge is 0.406 e. The van der Waals surface area contributed by atoms with Crippen LogP contribution in [0.3, 0.4) is 0 Å². The van der Waals surface area contributed by atoms with E-state index in [9.17, 15) is 18.0 Å². The Balaban J connectivity index is 1.93. The van der Waals surface area contributed by atoms with Gasteiger partial charge in [0, 0.05) is 43.1 Å². The predicted molar refractivity (Wildman–Crippen MR) is 111 cm³/mol. The number of amides is 1. The largest absolute Gasteiger partial charge is 0.573 e. The molecule has 0 saturated carbocycles. The maximum Gasteiger partial charge on any atom is 0.573 e. The third-order valence-corrected chi connectivity index (χ3v) is 5.53. The van der Waals surface area contributed by atoms with Gasteiger partial charge in [-0.25, -0.2) is 0 Å². The van der Waals surface area contributed by atoms with Crippen molar-refractivity contribution in [2.75, 3.05) is 32.8 Å². The normalized spacial score (nSPS) is 15.3. The van der Waals surface area contributed by atoms with Gasteiger partial charge in [0.15, 0.2) is 0 Å². The van der Waals surface area contributed by atoms with Gasteiger partial charge in [0.25, 0.3) is 5.91 Å². The highest BCUT2D eigenvalue weighted by Gasteiger charge is 2.31. The maximum absolute atomic E-state index is 12.7. The Morgan fingerprint density at radius 2 is 1.94 bits per heavy atom. The van der Waals surface area contributed by atoms with Crippen LogP contribution in [0.15, 0.2) is 24.3 Å². The van der Waals surface area contributed by atoms with Crippen LogP contribution in [-0.2, 0) is 17.7 Å². The van der Waals surface area contributed by atoms with Crippen molar-refractivity contribution in [3.63, 3.8) is 0 Å². The Labute approximate surface area is 179 Å². The Kier molecular flexibility index (Phi) is 7.27. The number of benzene rings is 1. The van der Waals surface area contributed by atoms with Crippen molar-refractivity contribution in [1.82, 2.24) is 9.47 Å². The van der Waals surface area contributed by atoms with Crippen molar-refractivity contribution in [3.05, 3.63) is 41.2 Å². The summed E-state index contributed by atoms with van der Waals surface area (Å²) in [5.74, 6) is -0.934. The molecule has 1 saturated heterocycles. The monoisotopic (exact) mass is 439 g/mol. The fourth-order valence-corrected chi connectivity index (χ4v) is 4.21. The molecule has 1 aromatic carbocycles. The standard InChI is InChI=1S/C22H28F3N3O3/c1-3-18-20(16-6-4-7-17(14-16)31-22(23,24)25)19(21(26)29)15(2)28(18)9-5-8-27-10-12-30-13-11-27/h4,6-7,14H,3,5,8-13H2,1-2H3,(H2,26,29). The molecule has 31 heavy (non-hydrogen) atoms. The topological polar surface area (TPSA) is 69.7 Å². The van der Waals surface area contributed by atoms with Crippen molar-refractivity contribution < 1.29 is 27.4 Å². The summed E-state index contributed by atoms with van der Waals surface area (Å²) in [6.45, 7) is 8.63. The lowest BCUT2D eigenvalue weighted by Gasteiger charge is -2.26. The van der Waals surface area contributed by atoms with Gasteiger partial charge >= 0.3 is 6.36 Å². The molecule has 2 heterocycles. The van der Waals surface area contributed by atoms with Gasteiger partial charge < -0.3 is 19.8 Å². The van der Waals surface area contributed by atoms with E-state index < -0.39 is 12.3 Å². The second-order valence-electron chi connectivity index (χ2n) is 7.53. The Bertz CT molecular complexity index is 919. The van der Waals surface area contributed by atoms with Crippen molar-refractivity contribution in [3.8, 4) is 16.9 Å². The summed E-state index contributed by atoms with van der Waals surface area (Å²) in [5.41, 5.74) is 8.68. The molecule has 0 spiro atoms. The average Bonchev–Trinajstić information content (AvgIpc) is 2.99. The van der Waals surface area contributed by atoms with E-state index in [1.807, 2.05) is 13.8 Å². The molecule has 0 atom stereocenters. The molecular weight excluding hydrogens is 411 g/mol. The molecular formula is C22H28F3N3O3. The summed E-state index contributed by atoms with van der Waals surface area (Å²) in [7, 11) is 0. The number of primary amides is 1. The molecule has 9 heteroatoms. The van der Waals surface area contributed by atoms with Crippen molar-refractivity contribution in [2.24, 2.45) is 5.73 Å². The van der Waals surface area contributed by atoms with Crippen LogP contribution in [0.4, 0.5) is 13.2 Å². The molecule has 1 aliphatic rings. The molecule has 2 aromatic rings. The number of nitrogens with two attached hydrogens (primary N) is 1. The van der Waals surface area contributed by atoms with Crippen molar-refractivity contribution in [2.45, 2.75) is 39.6 Å². The number of aromatic nitrogens is 1. The number of rotatable bonds is 8. The van der Waals surface area contributed by atoms with Crippen LogP contribution in [0.25, 0.3) is 11.1 Å². The zero-order valence-corrected chi connectivity index (χ0v) is 17.8. The second-order valence-corrected chi connectivity index (χ2v) is 7.53. The van der Waals surface area contributed by atoms with E-state index in [-0.39, 0.29) is 5.75 Å². The highest BCUT2D eigenvalue weighted by molar-refractivity contribution is 6.02. The molecule has 0 radical (unpaired) electrons. The number of ether oxygens (including phenoxy) is 2. The Morgan fingerprint density at radius 3 is 2.55 bits per heavy atom. The van der Waals surface area contributed by atoms with Gasteiger partial charge in [0.1, 0.15) is 5.75 Å². The van der Waals surface area contributed by atoms with Crippen LogP contribution in [0, 0.1) is 6.92 Å². The summed E-state index contributed by atoms with van der Waals surface area (Å²) >= 11 is 0. The number of morpholine rings is 1. The van der Waals surface area contributed by atoms with E-state index in [1.54, 1.807) is 6.07 Å². The van der Waals surface area contributed by atoms with Crippen LogP contribution >= 0.6 is 0 Å². The molecule has 3 rings (SSSR count). The van der Waals surface area contributed by atoms with E-state index >= 15 is 0 Å². The fraction of sp³-hybridized carbons (Fsp3) is 0.500. The quantitative estimate of drug-likeness (QED) is 0.680. The molecule has 0 bridgehead atoms. The van der Waals surface area contributed by atoms with Gasteiger partial charge in [-0.15, -0.1) is 13.2 Å². The SMILES string of the molecule is CCc1c(-c2cccc(OC(F)(F)F)c2)c(C(N)=O)c(C)n1CCCN1CCOCC1. The molecule has 1 aromatic heterocycles. The first-order chi connectivity index (χ1) is 14.7. The summed E-state index contributed by atoms with van der Waals surface area (Å²) in [4.78, 5) is 14.6. The first-order valence-electron chi connectivity index (χ1n) is 10.4. The van der Waals surface area contributed by atoms with Crippen LogP contribution in [0.1, 0.15) is 35.1 Å². The first kappa shape index (κ1) is 23.1. The van der Waals surface area contributed by atoms with E-state index in [0.29, 0.717) is 29.7 Å². The fourth-order valence-electron chi connectivity index (χ4n) is 4.21. The maximum atomic E-state index is 12.7. The minimum Gasteiger partial charge on any atom is -0.406 e. The second kappa shape index (κ2) is 9.74. The summed E-state index contributed by atoms with van der Waals surface area (Å²) in [6, 6.07) is 5.68. The third-order valence-electron chi connectivity index (χ3n) is 5.53. The third kappa shape index (κ3) is 5.59. The zero-order valence-electron chi connectivity index (χ0n) is 17.8. The molecule has 0 aliphatic carbocycles. The van der Waals surface area contributed by atoms with Crippen molar-refractivity contribution in [1.29, 1.82) is 0 Å². The highest BCUT2D eigenvalue weighted by Crippen LogP contribution is 2.36. The number of hydrogen-bond acceptors (Lipinski definition) is 4. The lowest BCUT2D eigenvalue weighted by atomic mass is 9.98. The minimum atomic E-state index is -4.79. The first-order valence-corrected chi connectivity index (χ1v) is 10.4. The molecule has 6 nitrogen and oxygen atoms in total. The summed E-state index contributed by atoms with van der Waals surface area (Å²) < 4.78 is 49.5. The number of carbonyl (C=O) groups excluding carboxylic acids is 1. The van der Waals surface area contributed by atoms with Crippen LogP contribution in [0.2, 0.25) is 0 Å². The van der Waals surface area contributed by atoms with Gasteiger partial charge in [0.2, 0.25) is 0 Å². The summed E-state index contributed by atoms with van der Waals surface area (Å²) in [6.07, 6.45) is -3.32. The number of carbonyl (C=O) groups is 1. The van der Waals surface area contributed by atoms with Gasteiger partial charge in [-0.3, -0.25) is 9.69 Å². The van der Waals surface area contributed by atoms with Gasteiger partial charge in [0.05, 0.1) is 18.8 Å². The Hall–Kier alpha value is -2.52. The van der Waals surface area contributed by atoms with Gasteiger partial charge in [-0.1, -0.05) is 19.1 Å². The van der Waals surface area contributed by atoms with E-state index in [2.05, 4.69) is 14.2 Å². The molecule has 1 aliphatic heterocycles. The van der Waals surface area contributed by atoms with Crippen LogP contribution in [-0.4, -0.2) is 54.6 Å². The lowest BCUT2D eigenvalue weighted by molar-refractivity contribution is -0.274. The molecule has 1 amide bonds. The van der Waals surface area contributed by atoms with Crippen LogP contribution in [0.5, 0.6) is 5.75 Å². The number of alkyl halides is 3. The molecule has 170 valence electrons. The van der Waals surface area contributed by atoms with E-state index in [1.165, 1.54) is 18.2 Å². The highest BCUT2D eigenvalue weighted by atomic mass is 19.4. The van der Waals surface area contributed by atoms with Crippen LogP contribution < -0.4 is 10.5 Å². The van der Waals surface area contributed by atoms with Crippen molar-refractivity contribution >= 4 is 5.91 Å².